The molecule has 0 unspecified atom stereocenters. The highest BCUT2D eigenvalue weighted by atomic mass is 35.5. The van der Waals surface area contributed by atoms with Gasteiger partial charge in [0.1, 0.15) is 6.04 Å². The van der Waals surface area contributed by atoms with Gasteiger partial charge in [-0.2, -0.15) is 0 Å². The van der Waals surface area contributed by atoms with Crippen molar-refractivity contribution in [3.8, 4) is 0 Å². The van der Waals surface area contributed by atoms with E-state index in [0.717, 1.165) is 17.7 Å². The maximum absolute atomic E-state index is 12.2. The second-order valence-corrected chi connectivity index (χ2v) is 4.86. The number of fused-ring (bicyclic) bond motifs is 1. The van der Waals surface area contributed by atoms with E-state index in [1.54, 1.807) is 24.3 Å². The minimum absolute atomic E-state index is 0.340. The van der Waals surface area contributed by atoms with Gasteiger partial charge in [0.05, 0.1) is 11.1 Å². The van der Waals surface area contributed by atoms with Gasteiger partial charge in [-0.05, 0) is 30.2 Å². The average Bonchev–Trinajstić information content (AvgIpc) is 2.64. The Bertz CT molecular complexity index is 506. The molecule has 4 nitrogen and oxygen atoms in total. The summed E-state index contributed by atoms with van der Waals surface area (Å²) in [7, 11) is 0. The smallest absolute Gasteiger partial charge is 0.262 e. The van der Waals surface area contributed by atoms with E-state index in [9.17, 15) is 14.4 Å². The summed E-state index contributed by atoms with van der Waals surface area (Å²) in [4.78, 5) is 36.9. The first-order chi connectivity index (χ1) is 9.07. The Morgan fingerprint density at radius 1 is 1.21 bits per heavy atom. The van der Waals surface area contributed by atoms with Crippen molar-refractivity contribution >= 4 is 28.7 Å². The zero-order valence-electron chi connectivity index (χ0n) is 10.6. The minimum Gasteiger partial charge on any atom is -0.279 e. The van der Waals surface area contributed by atoms with E-state index in [2.05, 4.69) is 0 Å². The molecule has 0 N–H and O–H groups in total. The molecule has 1 aromatic carbocycles. The van der Waals surface area contributed by atoms with Crippen LogP contribution in [0.15, 0.2) is 24.3 Å². The second-order valence-electron chi connectivity index (χ2n) is 4.49. The van der Waals surface area contributed by atoms with Crippen molar-refractivity contribution in [2.75, 3.05) is 0 Å². The van der Waals surface area contributed by atoms with Crippen LogP contribution in [0.5, 0.6) is 0 Å². The first-order valence-electron chi connectivity index (χ1n) is 6.24. The van der Waals surface area contributed by atoms with Crippen LogP contribution in [-0.2, 0) is 4.79 Å². The molecule has 0 fully saturated rings. The standard InChI is InChI=1S/C14H14ClNO3/c1-2-3-8-11(12(15)17)16-13(18)9-6-4-5-7-10(9)14(16)19/h4-7,11H,2-3,8H2,1H3/t11-/m0/s1. The third-order valence-corrected chi connectivity index (χ3v) is 3.48. The molecule has 0 aromatic heterocycles. The molecule has 1 aliphatic rings. The Labute approximate surface area is 116 Å². The Morgan fingerprint density at radius 3 is 2.16 bits per heavy atom. The first kappa shape index (κ1) is 13.7. The number of imide groups is 1. The monoisotopic (exact) mass is 279 g/mol. The number of carbonyl (C=O) groups excluding carboxylic acids is 3. The molecule has 2 amide bonds. The highest BCUT2D eigenvalue weighted by molar-refractivity contribution is 6.65. The van der Waals surface area contributed by atoms with Crippen LogP contribution in [0.25, 0.3) is 0 Å². The number of amides is 2. The molecule has 19 heavy (non-hydrogen) atoms. The highest BCUT2D eigenvalue weighted by Gasteiger charge is 2.41. The summed E-state index contributed by atoms with van der Waals surface area (Å²) < 4.78 is 0. The molecule has 1 atom stereocenters. The van der Waals surface area contributed by atoms with Crippen LogP contribution in [-0.4, -0.2) is 28.0 Å². The van der Waals surface area contributed by atoms with Crippen molar-refractivity contribution in [2.45, 2.75) is 32.2 Å². The molecule has 1 aliphatic heterocycles. The van der Waals surface area contributed by atoms with Gasteiger partial charge in [-0.1, -0.05) is 31.9 Å². The summed E-state index contributed by atoms with van der Waals surface area (Å²) in [6.45, 7) is 1.97. The Balaban J connectivity index is 2.33. The van der Waals surface area contributed by atoms with Crippen molar-refractivity contribution in [3.63, 3.8) is 0 Å². The topological polar surface area (TPSA) is 54.5 Å². The quantitative estimate of drug-likeness (QED) is 0.615. The minimum atomic E-state index is -0.867. The fourth-order valence-corrected chi connectivity index (χ4v) is 2.44. The lowest BCUT2D eigenvalue weighted by atomic mass is 10.1. The summed E-state index contributed by atoms with van der Waals surface area (Å²) >= 11 is 5.55. The van der Waals surface area contributed by atoms with Crippen molar-refractivity contribution in [2.24, 2.45) is 0 Å². The number of hydrogen-bond acceptors (Lipinski definition) is 3. The van der Waals surface area contributed by atoms with E-state index in [4.69, 9.17) is 11.6 Å². The summed E-state index contributed by atoms with van der Waals surface area (Å²) in [5.74, 6) is -0.869. The van der Waals surface area contributed by atoms with E-state index in [-0.39, 0.29) is 0 Å². The average molecular weight is 280 g/mol. The molecule has 0 spiro atoms. The third kappa shape index (κ3) is 2.40. The van der Waals surface area contributed by atoms with Gasteiger partial charge in [0.25, 0.3) is 11.8 Å². The van der Waals surface area contributed by atoms with Crippen LogP contribution >= 0.6 is 11.6 Å². The Hall–Kier alpha value is -1.68. The first-order valence-corrected chi connectivity index (χ1v) is 6.62. The molecule has 2 rings (SSSR count). The number of nitrogens with zero attached hydrogens (tertiary/aromatic N) is 1. The van der Waals surface area contributed by atoms with E-state index in [1.165, 1.54) is 0 Å². The zero-order chi connectivity index (χ0) is 14.0. The molecular formula is C14H14ClNO3. The van der Waals surface area contributed by atoms with Crippen molar-refractivity contribution in [1.82, 2.24) is 4.90 Å². The van der Waals surface area contributed by atoms with Gasteiger partial charge >= 0.3 is 0 Å². The van der Waals surface area contributed by atoms with Gasteiger partial charge in [-0.3, -0.25) is 19.3 Å². The van der Waals surface area contributed by atoms with Gasteiger partial charge in [0, 0.05) is 0 Å². The maximum Gasteiger partial charge on any atom is 0.262 e. The highest BCUT2D eigenvalue weighted by Crippen LogP contribution is 2.27. The van der Waals surface area contributed by atoms with E-state index < -0.39 is 23.1 Å². The van der Waals surface area contributed by atoms with Gasteiger partial charge in [0.15, 0.2) is 0 Å². The largest absolute Gasteiger partial charge is 0.279 e. The van der Waals surface area contributed by atoms with Crippen LogP contribution in [0.3, 0.4) is 0 Å². The van der Waals surface area contributed by atoms with E-state index >= 15 is 0 Å². The fraction of sp³-hybridized carbons (Fsp3) is 0.357. The molecule has 0 radical (unpaired) electrons. The normalized spacial score (nSPS) is 15.6. The van der Waals surface area contributed by atoms with Crippen LogP contribution in [0, 0.1) is 0 Å². The molecular weight excluding hydrogens is 266 g/mol. The van der Waals surface area contributed by atoms with Crippen molar-refractivity contribution in [1.29, 1.82) is 0 Å². The number of halogens is 1. The summed E-state index contributed by atoms with van der Waals surface area (Å²) in [5.41, 5.74) is 0.679. The van der Waals surface area contributed by atoms with Gasteiger partial charge in [0.2, 0.25) is 5.24 Å². The predicted octanol–water partition coefficient (Wildman–Crippen LogP) is 2.61. The molecule has 0 saturated heterocycles. The summed E-state index contributed by atoms with van der Waals surface area (Å²) in [5, 5.41) is -0.664. The second kappa shape index (κ2) is 5.53. The fourth-order valence-electron chi connectivity index (χ4n) is 2.23. The van der Waals surface area contributed by atoms with Crippen LogP contribution in [0.2, 0.25) is 0 Å². The maximum atomic E-state index is 12.2. The molecule has 1 aromatic rings. The SMILES string of the molecule is CCCC[C@@H](C(=O)Cl)N1C(=O)c2ccccc2C1=O. The number of rotatable bonds is 5. The number of unbranched alkanes of at least 4 members (excludes halogenated alkanes) is 1. The zero-order valence-corrected chi connectivity index (χ0v) is 11.3. The van der Waals surface area contributed by atoms with Crippen molar-refractivity contribution < 1.29 is 14.4 Å². The molecule has 100 valence electrons. The summed E-state index contributed by atoms with van der Waals surface area (Å²) in [6.07, 6.45) is 2.00. The lowest BCUT2D eigenvalue weighted by Crippen LogP contribution is -2.43. The van der Waals surface area contributed by atoms with E-state index in [1.807, 2.05) is 6.92 Å². The third-order valence-electron chi connectivity index (χ3n) is 3.23. The lowest BCUT2D eigenvalue weighted by Gasteiger charge is -2.22. The number of carbonyl (C=O) groups is 3. The Morgan fingerprint density at radius 2 is 1.74 bits per heavy atom. The lowest BCUT2D eigenvalue weighted by molar-refractivity contribution is -0.115. The summed E-state index contributed by atoms with van der Waals surface area (Å²) in [6, 6.07) is 5.69. The van der Waals surface area contributed by atoms with Gasteiger partial charge in [-0.15, -0.1) is 0 Å². The van der Waals surface area contributed by atoms with Gasteiger partial charge < -0.3 is 0 Å². The van der Waals surface area contributed by atoms with Crippen LogP contribution in [0.4, 0.5) is 0 Å². The van der Waals surface area contributed by atoms with Crippen LogP contribution < -0.4 is 0 Å². The predicted molar refractivity (Wildman–Crippen MR) is 71.1 cm³/mol. The van der Waals surface area contributed by atoms with Crippen molar-refractivity contribution in [3.05, 3.63) is 35.4 Å². The molecule has 0 saturated carbocycles. The molecule has 1 heterocycles. The number of benzene rings is 1. The number of hydrogen-bond donors (Lipinski definition) is 0. The molecule has 0 bridgehead atoms. The Kier molecular flexibility index (Phi) is 4.00. The molecule has 5 heteroatoms. The van der Waals surface area contributed by atoms with Crippen LogP contribution in [0.1, 0.15) is 46.9 Å². The molecule has 0 aliphatic carbocycles. The van der Waals surface area contributed by atoms with Gasteiger partial charge in [-0.25, -0.2) is 0 Å². The van der Waals surface area contributed by atoms with E-state index in [0.29, 0.717) is 17.5 Å².